The van der Waals surface area contributed by atoms with Crippen LogP contribution in [0.4, 0.5) is 0 Å². The Morgan fingerprint density at radius 1 is 0.739 bits per heavy atom. The monoisotopic (exact) mass is 302 g/mol. The van der Waals surface area contributed by atoms with Crippen LogP contribution in [0.1, 0.15) is 29.7 Å². The highest BCUT2D eigenvalue weighted by Crippen LogP contribution is 2.28. The van der Waals surface area contributed by atoms with Gasteiger partial charge < -0.3 is 4.74 Å². The first-order chi connectivity index (χ1) is 11.3. The normalized spacial score (nSPS) is 12.1. The second-order valence-corrected chi connectivity index (χ2v) is 5.78. The van der Waals surface area contributed by atoms with E-state index < -0.39 is 0 Å². The van der Waals surface area contributed by atoms with Crippen LogP contribution in [0, 0.1) is 0 Å². The Bertz CT molecular complexity index is 762. The first-order valence-corrected chi connectivity index (χ1v) is 8.03. The summed E-state index contributed by atoms with van der Waals surface area (Å²) in [5.74, 6) is 0. The predicted octanol–water partition coefficient (Wildman–Crippen LogP) is 5.65. The van der Waals surface area contributed by atoms with Crippen molar-refractivity contribution in [1.82, 2.24) is 0 Å². The van der Waals surface area contributed by atoms with Crippen LogP contribution >= 0.6 is 0 Å². The Hall–Kier alpha value is -2.38. The molecule has 0 spiro atoms. The van der Waals surface area contributed by atoms with Crippen LogP contribution in [0.25, 0.3) is 11.1 Å². The summed E-state index contributed by atoms with van der Waals surface area (Å²) >= 11 is 0. The third-order valence-electron chi connectivity index (χ3n) is 4.33. The highest BCUT2D eigenvalue weighted by molar-refractivity contribution is 5.67. The van der Waals surface area contributed by atoms with Crippen molar-refractivity contribution in [1.29, 1.82) is 0 Å². The van der Waals surface area contributed by atoms with E-state index in [0.29, 0.717) is 0 Å². The van der Waals surface area contributed by atoms with Crippen molar-refractivity contribution < 1.29 is 4.74 Å². The van der Waals surface area contributed by atoms with Gasteiger partial charge in [-0.25, -0.2) is 0 Å². The van der Waals surface area contributed by atoms with Crippen LogP contribution < -0.4 is 0 Å². The van der Waals surface area contributed by atoms with Gasteiger partial charge in [0.2, 0.25) is 0 Å². The van der Waals surface area contributed by atoms with Crippen molar-refractivity contribution in [3.8, 4) is 11.1 Å². The predicted molar refractivity (Wildman–Crippen MR) is 96.6 cm³/mol. The summed E-state index contributed by atoms with van der Waals surface area (Å²) in [6, 6.07) is 27.8. The molecule has 1 atom stereocenters. The zero-order valence-corrected chi connectivity index (χ0v) is 13.7. The molecule has 3 aromatic rings. The molecule has 0 fully saturated rings. The van der Waals surface area contributed by atoms with Crippen molar-refractivity contribution in [2.24, 2.45) is 0 Å². The topological polar surface area (TPSA) is 9.23 Å². The Kier molecular flexibility index (Phi) is 4.89. The zero-order chi connectivity index (χ0) is 16.1. The van der Waals surface area contributed by atoms with E-state index in [1.165, 1.54) is 27.8 Å². The Labute approximate surface area is 138 Å². The minimum atomic E-state index is 0.107. The van der Waals surface area contributed by atoms with E-state index in [1.54, 1.807) is 7.11 Å². The van der Waals surface area contributed by atoms with Gasteiger partial charge in [-0.2, -0.15) is 0 Å². The summed E-state index contributed by atoms with van der Waals surface area (Å²) in [4.78, 5) is 0. The number of hydrogen-bond acceptors (Lipinski definition) is 1. The van der Waals surface area contributed by atoms with E-state index in [1.807, 2.05) is 0 Å². The van der Waals surface area contributed by atoms with E-state index in [9.17, 15) is 0 Å². The maximum Gasteiger partial charge on any atom is 0.0795 e. The molecule has 23 heavy (non-hydrogen) atoms. The summed E-state index contributed by atoms with van der Waals surface area (Å²) in [5.41, 5.74) is 6.49. The fraction of sp³-hybridized carbons (Fsp3) is 0.182. The SMILES string of the molecule is COC(C)c1ccccc1Cc1ccccc1-c1ccccc1. The van der Waals surface area contributed by atoms with E-state index in [4.69, 9.17) is 4.74 Å². The van der Waals surface area contributed by atoms with Crippen LogP contribution in [-0.2, 0) is 11.2 Å². The first kappa shape index (κ1) is 15.5. The molecule has 1 unspecified atom stereocenters. The molecule has 0 saturated heterocycles. The molecule has 0 aliphatic carbocycles. The average Bonchev–Trinajstić information content (AvgIpc) is 2.63. The number of hydrogen-bond donors (Lipinski definition) is 0. The molecule has 1 nitrogen and oxygen atoms in total. The van der Waals surface area contributed by atoms with Crippen LogP contribution in [0.2, 0.25) is 0 Å². The van der Waals surface area contributed by atoms with Crippen molar-refractivity contribution in [3.05, 3.63) is 95.6 Å². The molecule has 0 heterocycles. The summed E-state index contributed by atoms with van der Waals surface area (Å²) in [6.07, 6.45) is 1.02. The minimum Gasteiger partial charge on any atom is -0.377 e. The molecule has 0 bridgehead atoms. The van der Waals surface area contributed by atoms with Crippen LogP contribution in [-0.4, -0.2) is 7.11 Å². The van der Waals surface area contributed by atoms with Gasteiger partial charge in [-0.15, -0.1) is 0 Å². The highest BCUT2D eigenvalue weighted by Gasteiger charge is 2.11. The second-order valence-electron chi connectivity index (χ2n) is 5.78. The third kappa shape index (κ3) is 3.52. The van der Waals surface area contributed by atoms with Crippen LogP contribution in [0.3, 0.4) is 0 Å². The van der Waals surface area contributed by atoms with Gasteiger partial charge in [0.25, 0.3) is 0 Å². The summed E-state index contributed by atoms with van der Waals surface area (Å²) < 4.78 is 5.53. The second kappa shape index (κ2) is 7.26. The van der Waals surface area contributed by atoms with Gasteiger partial charge >= 0.3 is 0 Å². The summed E-state index contributed by atoms with van der Waals surface area (Å²) in [5, 5.41) is 0. The first-order valence-electron chi connectivity index (χ1n) is 8.03. The number of benzene rings is 3. The van der Waals surface area contributed by atoms with Gasteiger partial charge in [0, 0.05) is 7.11 Å². The number of rotatable bonds is 5. The molecule has 0 amide bonds. The molecule has 0 aliphatic rings. The molecule has 0 radical (unpaired) electrons. The van der Waals surface area contributed by atoms with Gasteiger partial charge in [0.1, 0.15) is 0 Å². The van der Waals surface area contributed by atoms with Gasteiger partial charge in [-0.3, -0.25) is 0 Å². The van der Waals surface area contributed by atoms with Crippen LogP contribution in [0.5, 0.6) is 0 Å². The lowest BCUT2D eigenvalue weighted by Gasteiger charge is -2.17. The molecule has 0 aromatic heterocycles. The number of methoxy groups -OCH3 is 1. The minimum absolute atomic E-state index is 0.107. The van der Waals surface area contributed by atoms with Crippen molar-refractivity contribution in [2.45, 2.75) is 19.4 Å². The van der Waals surface area contributed by atoms with Gasteiger partial charge in [-0.05, 0) is 41.2 Å². The van der Waals surface area contributed by atoms with Crippen molar-refractivity contribution in [3.63, 3.8) is 0 Å². The van der Waals surface area contributed by atoms with Crippen LogP contribution in [0.15, 0.2) is 78.9 Å². The van der Waals surface area contributed by atoms with Gasteiger partial charge in [0.15, 0.2) is 0 Å². The highest BCUT2D eigenvalue weighted by atomic mass is 16.5. The molecule has 3 aromatic carbocycles. The largest absolute Gasteiger partial charge is 0.377 e. The van der Waals surface area contributed by atoms with E-state index in [0.717, 1.165) is 6.42 Å². The molecule has 116 valence electrons. The Balaban J connectivity index is 1.99. The Morgan fingerprint density at radius 2 is 1.35 bits per heavy atom. The lowest BCUT2D eigenvalue weighted by atomic mass is 9.92. The average molecular weight is 302 g/mol. The van der Waals surface area contributed by atoms with Crippen molar-refractivity contribution >= 4 is 0 Å². The fourth-order valence-corrected chi connectivity index (χ4v) is 3.00. The summed E-state index contributed by atoms with van der Waals surface area (Å²) in [6.45, 7) is 2.10. The fourth-order valence-electron chi connectivity index (χ4n) is 3.00. The lowest BCUT2D eigenvalue weighted by molar-refractivity contribution is 0.119. The molecule has 0 aliphatic heterocycles. The smallest absolute Gasteiger partial charge is 0.0795 e. The third-order valence-corrected chi connectivity index (χ3v) is 4.33. The standard InChI is InChI=1S/C22H22O/c1-17(23-2)21-14-8-6-12-19(21)16-20-13-7-9-15-22(20)18-10-4-3-5-11-18/h3-15,17H,16H2,1-2H3. The lowest BCUT2D eigenvalue weighted by Crippen LogP contribution is -2.02. The zero-order valence-electron chi connectivity index (χ0n) is 13.7. The van der Waals surface area contributed by atoms with Crippen molar-refractivity contribution in [2.75, 3.05) is 7.11 Å². The van der Waals surface area contributed by atoms with Gasteiger partial charge in [-0.1, -0.05) is 78.9 Å². The molecule has 1 heteroatoms. The maximum atomic E-state index is 5.53. The van der Waals surface area contributed by atoms with E-state index >= 15 is 0 Å². The molecule has 3 rings (SSSR count). The van der Waals surface area contributed by atoms with E-state index in [2.05, 4.69) is 85.8 Å². The molecular formula is C22H22O. The van der Waals surface area contributed by atoms with Gasteiger partial charge in [0.05, 0.1) is 6.10 Å². The Morgan fingerprint density at radius 3 is 2.09 bits per heavy atom. The summed E-state index contributed by atoms with van der Waals surface area (Å²) in [7, 11) is 1.76. The molecule has 0 saturated carbocycles. The quantitative estimate of drug-likeness (QED) is 0.591. The number of ether oxygens (including phenoxy) is 1. The molecule has 0 N–H and O–H groups in total. The molecular weight excluding hydrogens is 280 g/mol. The maximum absolute atomic E-state index is 5.53. The van der Waals surface area contributed by atoms with E-state index in [-0.39, 0.29) is 6.10 Å².